The predicted molar refractivity (Wildman–Crippen MR) is 86.4 cm³/mol. The molecule has 0 radical (unpaired) electrons. The molecule has 11 heteroatoms. The van der Waals surface area contributed by atoms with E-state index in [0.29, 0.717) is 6.54 Å². The molecule has 1 aliphatic heterocycles. The van der Waals surface area contributed by atoms with Crippen LogP contribution in [0.25, 0.3) is 11.0 Å². The average Bonchev–Trinajstić information content (AvgIpc) is 2.47. The van der Waals surface area contributed by atoms with Crippen molar-refractivity contribution in [2.24, 2.45) is 0 Å². The van der Waals surface area contributed by atoms with E-state index in [9.17, 15) is 18.0 Å². The number of rotatable bonds is 3. The first-order chi connectivity index (χ1) is 10.5. The van der Waals surface area contributed by atoms with Crippen molar-refractivity contribution >= 4 is 33.5 Å². The van der Waals surface area contributed by atoms with E-state index in [-0.39, 0.29) is 34.4 Å². The van der Waals surface area contributed by atoms with Gasteiger partial charge >= 0.3 is 5.69 Å². The van der Waals surface area contributed by atoms with E-state index in [2.05, 4.69) is 20.0 Å². The SMILES string of the molecule is Cl.O=c1[nH]c(=O)c2cc(S(=O)(=O)NC3CCCNC3)cnc2[nH]1. The molecule has 4 N–H and O–H groups in total. The van der Waals surface area contributed by atoms with Gasteiger partial charge in [-0.15, -0.1) is 12.4 Å². The van der Waals surface area contributed by atoms with Crippen molar-refractivity contribution in [1.82, 2.24) is 25.0 Å². The topological polar surface area (TPSA) is 137 Å². The number of aromatic amines is 2. The molecule has 1 fully saturated rings. The van der Waals surface area contributed by atoms with Crippen LogP contribution in [0.1, 0.15) is 12.8 Å². The van der Waals surface area contributed by atoms with Gasteiger partial charge in [-0.05, 0) is 25.5 Å². The van der Waals surface area contributed by atoms with Crippen LogP contribution in [0, 0.1) is 0 Å². The minimum atomic E-state index is -3.78. The normalized spacial score (nSPS) is 18.5. The monoisotopic (exact) mass is 361 g/mol. The number of pyridine rings is 1. The lowest BCUT2D eigenvalue weighted by atomic mass is 10.1. The van der Waals surface area contributed by atoms with E-state index in [1.165, 1.54) is 6.07 Å². The van der Waals surface area contributed by atoms with Crippen molar-refractivity contribution in [2.75, 3.05) is 13.1 Å². The summed E-state index contributed by atoms with van der Waals surface area (Å²) in [7, 11) is -3.78. The molecule has 0 bridgehead atoms. The fourth-order valence-corrected chi connectivity index (χ4v) is 3.65. The van der Waals surface area contributed by atoms with Crippen LogP contribution in [0.4, 0.5) is 0 Å². The lowest BCUT2D eigenvalue weighted by Crippen LogP contribution is -2.45. The minimum Gasteiger partial charge on any atom is -0.315 e. The van der Waals surface area contributed by atoms with Gasteiger partial charge in [0.2, 0.25) is 10.0 Å². The Bertz CT molecular complexity index is 917. The summed E-state index contributed by atoms with van der Waals surface area (Å²) in [6.07, 6.45) is 2.77. The van der Waals surface area contributed by atoms with Crippen LogP contribution in [0.15, 0.2) is 26.7 Å². The summed E-state index contributed by atoms with van der Waals surface area (Å²) in [6.45, 7) is 1.44. The molecule has 1 unspecified atom stereocenters. The molecule has 0 spiro atoms. The summed E-state index contributed by atoms with van der Waals surface area (Å²) in [5.41, 5.74) is -1.32. The predicted octanol–water partition coefficient (Wildman–Crippen LogP) is -0.936. The molecule has 2 aromatic heterocycles. The molecule has 9 nitrogen and oxygen atoms in total. The molecule has 3 heterocycles. The third-order valence-corrected chi connectivity index (χ3v) is 4.98. The zero-order valence-corrected chi connectivity index (χ0v) is 13.6. The third kappa shape index (κ3) is 3.78. The fourth-order valence-electron chi connectivity index (χ4n) is 2.41. The van der Waals surface area contributed by atoms with Crippen molar-refractivity contribution in [3.05, 3.63) is 33.1 Å². The number of piperidine rings is 1. The van der Waals surface area contributed by atoms with Crippen molar-refractivity contribution < 1.29 is 8.42 Å². The Morgan fingerprint density at radius 2 is 2.04 bits per heavy atom. The molecule has 126 valence electrons. The number of nitrogens with one attached hydrogen (secondary N) is 4. The minimum absolute atomic E-state index is 0. The van der Waals surface area contributed by atoms with Gasteiger partial charge in [0.05, 0.1) is 5.39 Å². The maximum atomic E-state index is 12.4. The Hall–Kier alpha value is -1.75. The molecule has 0 amide bonds. The van der Waals surface area contributed by atoms with Gasteiger partial charge in [-0.25, -0.2) is 22.9 Å². The van der Waals surface area contributed by atoms with Gasteiger partial charge < -0.3 is 5.32 Å². The number of sulfonamides is 1. The van der Waals surface area contributed by atoms with Crippen LogP contribution < -0.4 is 21.3 Å². The molecule has 1 saturated heterocycles. The van der Waals surface area contributed by atoms with Crippen LogP contribution >= 0.6 is 12.4 Å². The highest BCUT2D eigenvalue weighted by Gasteiger charge is 2.22. The van der Waals surface area contributed by atoms with Gasteiger partial charge in [-0.1, -0.05) is 0 Å². The van der Waals surface area contributed by atoms with E-state index in [0.717, 1.165) is 25.6 Å². The Morgan fingerprint density at radius 3 is 2.74 bits per heavy atom. The van der Waals surface area contributed by atoms with Crippen molar-refractivity contribution in [3.63, 3.8) is 0 Å². The van der Waals surface area contributed by atoms with Crippen LogP contribution in [0.3, 0.4) is 0 Å². The fraction of sp³-hybridized carbons (Fsp3) is 0.417. The quantitative estimate of drug-likeness (QED) is 0.557. The van der Waals surface area contributed by atoms with Crippen molar-refractivity contribution in [2.45, 2.75) is 23.8 Å². The van der Waals surface area contributed by atoms with Crippen LogP contribution in [-0.4, -0.2) is 42.5 Å². The lowest BCUT2D eigenvalue weighted by molar-refractivity contribution is 0.428. The van der Waals surface area contributed by atoms with Crippen LogP contribution in [0.5, 0.6) is 0 Å². The summed E-state index contributed by atoms with van der Waals surface area (Å²) in [5.74, 6) is 0. The Labute approximate surface area is 137 Å². The van der Waals surface area contributed by atoms with Gasteiger partial charge in [-0.2, -0.15) is 0 Å². The maximum absolute atomic E-state index is 12.4. The highest BCUT2D eigenvalue weighted by Crippen LogP contribution is 2.13. The van der Waals surface area contributed by atoms with E-state index in [4.69, 9.17) is 0 Å². The maximum Gasteiger partial charge on any atom is 0.327 e. The molecule has 0 aliphatic carbocycles. The highest BCUT2D eigenvalue weighted by molar-refractivity contribution is 7.89. The molecular weight excluding hydrogens is 346 g/mol. The van der Waals surface area contributed by atoms with Crippen molar-refractivity contribution in [1.29, 1.82) is 0 Å². The summed E-state index contributed by atoms with van der Waals surface area (Å²) in [4.78, 5) is 31.0. The van der Waals surface area contributed by atoms with Gasteiger partial charge in [0, 0.05) is 18.8 Å². The number of hydrogen-bond donors (Lipinski definition) is 4. The first kappa shape index (κ1) is 17.6. The number of nitrogens with zero attached hydrogens (tertiary/aromatic N) is 1. The molecule has 3 rings (SSSR count). The van der Waals surface area contributed by atoms with Crippen LogP contribution in [-0.2, 0) is 10.0 Å². The Morgan fingerprint density at radius 1 is 1.26 bits per heavy atom. The van der Waals surface area contributed by atoms with Gasteiger partial charge in [-0.3, -0.25) is 14.8 Å². The van der Waals surface area contributed by atoms with E-state index in [1.807, 2.05) is 4.98 Å². The third-order valence-electron chi connectivity index (χ3n) is 3.50. The summed E-state index contributed by atoms with van der Waals surface area (Å²) < 4.78 is 27.3. The number of halogens is 1. The first-order valence-electron chi connectivity index (χ1n) is 6.81. The molecule has 2 aromatic rings. The molecular formula is C12H16ClN5O4S. The summed E-state index contributed by atoms with van der Waals surface area (Å²) >= 11 is 0. The van der Waals surface area contributed by atoms with Gasteiger partial charge in [0.1, 0.15) is 10.5 Å². The summed E-state index contributed by atoms with van der Waals surface area (Å²) in [5, 5.41) is 3.13. The van der Waals surface area contributed by atoms with E-state index < -0.39 is 21.3 Å². The summed E-state index contributed by atoms with van der Waals surface area (Å²) in [6, 6.07) is 1.01. The molecule has 0 saturated carbocycles. The first-order valence-corrected chi connectivity index (χ1v) is 8.29. The lowest BCUT2D eigenvalue weighted by Gasteiger charge is -2.23. The zero-order valence-electron chi connectivity index (χ0n) is 12.0. The second kappa shape index (κ2) is 6.79. The molecule has 0 aromatic carbocycles. The Balaban J connectivity index is 0.00000192. The highest BCUT2D eigenvalue weighted by atomic mass is 35.5. The smallest absolute Gasteiger partial charge is 0.315 e. The van der Waals surface area contributed by atoms with E-state index in [1.54, 1.807) is 0 Å². The largest absolute Gasteiger partial charge is 0.327 e. The number of fused-ring (bicyclic) bond motifs is 1. The number of H-pyrrole nitrogens is 2. The van der Waals surface area contributed by atoms with E-state index >= 15 is 0 Å². The molecule has 23 heavy (non-hydrogen) atoms. The molecule has 1 aliphatic rings. The second-order valence-electron chi connectivity index (χ2n) is 5.14. The van der Waals surface area contributed by atoms with Crippen LogP contribution in [0.2, 0.25) is 0 Å². The molecule has 1 atom stereocenters. The van der Waals surface area contributed by atoms with Gasteiger partial charge in [0.15, 0.2) is 0 Å². The zero-order chi connectivity index (χ0) is 15.7. The average molecular weight is 362 g/mol. The number of hydrogen-bond acceptors (Lipinski definition) is 6. The standard InChI is InChI=1S/C12H15N5O4S.ClH/c18-11-9-4-8(6-14-10(9)15-12(19)16-11)22(20,21)17-7-2-1-3-13-5-7;/h4,6-7,13,17H,1-3,5H2,(H2,14,15,16,18,19);1H. The van der Waals surface area contributed by atoms with Gasteiger partial charge in [0.25, 0.3) is 5.56 Å². The number of aromatic nitrogens is 3. The van der Waals surface area contributed by atoms with Crippen molar-refractivity contribution in [3.8, 4) is 0 Å². The second-order valence-corrected chi connectivity index (χ2v) is 6.85. The Kier molecular flexibility index (Phi) is 5.19.